The second kappa shape index (κ2) is 7.80. The van der Waals surface area contributed by atoms with Gasteiger partial charge in [-0.05, 0) is 37.3 Å². The lowest BCUT2D eigenvalue weighted by Gasteiger charge is -2.34. The van der Waals surface area contributed by atoms with Gasteiger partial charge in [-0.1, -0.05) is 0 Å². The van der Waals surface area contributed by atoms with Crippen molar-refractivity contribution < 1.29 is 13.2 Å². The summed E-state index contributed by atoms with van der Waals surface area (Å²) in [5.74, 6) is 2.72. The van der Waals surface area contributed by atoms with E-state index in [2.05, 4.69) is 20.0 Å². The Balaban J connectivity index is 1.49. The zero-order valence-corrected chi connectivity index (χ0v) is 17.1. The minimum Gasteiger partial charge on any atom is -0.497 e. The number of anilines is 1. The molecule has 0 N–H and O–H groups in total. The minimum atomic E-state index is -3.54. The number of ether oxygens (including phenoxy) is 1. The molecule has 0 saturated carbocycles. The van der Waals surface area contributed by atoms with Crippen molar-refractivity contribution in [3.63, 3.8) is 0 Å². The number of methoxy groups -OCH3 is 1. The first-order chi connectivity index (χ1) is 14.0. The number of aryl methyl sites for hydroxylation is 1. The van der Waals surface area contributed by atoms with Crippen LogP contribution in [0.15, 0.2) is 53.7 Å². The molecule has 1 aromatic carbocycles. The highest BCUT2D eigenvalue weighted by molar-refractivity contribution is 7.89. The SMILES string of the molecule is COc1ccc(S(=O)(=O)N2CCN(c3cc(-n4cccn4)nc(C)n3)CC2)cc1. The van der Waals surface area contributed by atoms with Crippen LogP contribution in [-0.4, -0.2) is 65.8 Å². The van der Waals surface area contributed by atoms with Crippen LogP contribution >= 0.6 is 0 Å². The smallest absolute Gasteiger partial charge is 0.243 e. The summed E-state index contributed by atoms with van der Waals surface area (Å²) in [6.07, 6.45) is 3.52. The van der Waals surface area contributed by atoms with E-state index in [1.165, 1.54) is 4.31 Å². The monoisotopic (exact) mass is 414 g/mol. The van der Waals surface area contributed by atoms with Gasteiger partial charge in [0.2, 0.25) is 10.0 Å². The molecule has 0 aliphatic carbocycles. The number of rotatable bonds is 5. The summed E-state index contributed by atoms with van der Waals surface area (Å²) in [6, 6.07) is 10.2. The number of piperazine rings is 1. The fourth-order valence-corrected chi connectivity index (χ4v) is 4.70. The molecular formula is C19H22N6O3S. The second-order valence-electron chi connectivity index (χ2n) is 6.65. The Labute approximate surface area is 169 Å². The van der Waals surface area contributed by atoms with Crippen molar-refractivity contribution >= 4 is 15.8 Å². The number of hydrogen-bond acceptors (Lipinski definition) is 7. The quantitative estimate of drug-likeness (QED) is 0.624. The third-order valence-corrected chi connectivity index (χ3v) is 6.72. The Kier molecular flexibility index (Phi) is 5.20. The summed E-state index contributed by atoms with van der Waals surface area (Å²) in [5, 5.41) is 4.22. The molecule has 3 heterocycles. The third kappa shape index (κ3) is 3.94. The maximum Gasteiger partial charge on any atom is 0.243 e. The van der Waals surface area contributed by atoms with Crippen molar-refractivity contribution in [2.24, 2.45) is 0 Å². The Morgan fingerprint density at radius 2 is 1.69 bits per heavy atom. The van der Waals surface area contributed by atoms with Crippen LogP contribution in [0, 0.1) is 6.92 Å². The molecule has 3 aromatic rings. The zero-order chi connectivity index (χ0) is 20.4. The van der Waals surface area contributed by atoms with Gasteiger partial charge in [0.25, 0.3) is 0 Å². The standard InChI is InChI=1S/C19H22N6O3S/c1-15-21-18(14-19(22-15)25-9-3-8-20-25)23-10-12-24(13-11-23)29(26,27)17-6-4-16(28-2)5-7-17/h3-9,14H,10-13H2,1-2H3. The van der Waals surface area contributed by atoms with E-state index in [1.807, 2.05) is 25.3 Å². The predicted octanol–water partition coefficient (Wildman–Crippen LogP) is 1.49. The fourth-order valence-electron chi connectivity index (χ4n) is 3.27. The average Bonchev–Trinajstić information content (AvgIpc) is 3.28. The molecule has 9 nitrogen and oxygen atoms in total. The molecule has 4 rings (SSSR count). The number of aromatic nitrogens is 4. The maximum atomic E-state index is 12.9. The summed E-state index contributed by atoms with van der Waals surface area (Å²) >= 11 is 0. The van der Waals surface area contributed by atoms with E-state index in [-0.39, 0.29) is 4.90 Å². The summed E-state index contributed by atoms with van der Waals surface area (Å²) in [6.45, 7) is 3.69. The van der Waals surface area contributed by atoms with Crippen LogP contribution in [0.4, 0.5) is 5.82 Å². The number of hydrogen-bond donors (Lipinski definition) is 0. The highest BCUT2D eigenvalue weighted by Crippen LogP contribution is 2.23. The van der Waals surface area contributed by atoms with Crippen LogP contribution in [0.2, 0.25) is 0 Å². The van der Waals surface area contributed by atoms with E-state index in [0.717, 1.165) is 5.82 Å². The van der Waals surface area contributed by atoms with Crippen LogP contribution in [0.5, 0.6) is 5.75 Å². The minimum absolute atomic E-state index is 0.269. The molecule has 1 fully saturated rings. The van der Waals surface area contributed by atoms with Crippen molar-refractivity contribution in [2.45, 2.75) is 11.8 Å². The van der Waals surface area contributed by atoms with Gasteiger partial charge in [-0.3, -0.25) is 0 Å². The Hall–Kier alpha value is -2.98. The largest absolute Gasteiger partial charge is 0.497 e. The highest BCUT2D eigenvalue weighted by Gasteiger charge is 2.29. The lowest BCUT2D eigenvalue weighted by Crippen LogP contribution is -2.49. The van der Waals surface area contributed by atoms with E-state index in [4.69, 9.17) is 4.74 Å². The van der Waals surface area contributed by atoms with Crippen molar-refractivity contribution in [1.82, 2.24) is 24.1 Å². The number of benzene rings is 1. The van der Waals surface area contributed by atoms with Crippen molar-refractivity contribution in [1.29, 1.82) is 0 Å². The average molecular weight is 414 g/mol. The van der Waals surface area contributed by atoms with Crippen molar-refractivity contribution in [2.75, 3.05) is 38.2 Å². The highest BCUT2D eigenvalue weighted by atomic mass is 32.2. The molecule has 10 heteroatoms. The molecule has 0 bridgehead atoms. The normalized spacial score (nSPS) is 15.4. The molecule has 0 radical (unpaired) electrons. The van der Waals surface area contributed by atoms with Crippen LogP contribution in [-0.2, 0) is 10.0 Å². The van der Waals surface area contributed by atoms with E-state index in [9.17, 15) is 8.42 Å². The van der Waals surface area contributed by atoms with E-state index in [0.29, 0.717) is 43.6 Å². The van der Waals surface area contributed by atoms with Gasteiger partial charge in [0.05, 0.1) is 12.0 Å². The van der Waals surface area contributed by atoms with Gasteiger partial charge < -0.3 is 9.64 Å². The molecule has 0 amide bonds. The van der Waals surface area contributed by atoms with E-state index < -0.39 is 10.0 Å². The van der Waals surface area contributed by atoms with Gasteiger partial charge in [0, 0.05) is 44.6 Å². The van der Waals surface area contributed by atoms with Crippen LogP contribution in [0.1, 0.15) is 5.82 Å². The van der Waals surface area contributed by atoms with Crippen LogP contribution < -0.4 is 9.64 Å². The predicted molar refractivity (Wildman–Crippen MR) is 108 cm³/mol. The van der Waals surface area contributed by atoms with Crippen molar-refractivity contribution in [3.05, 3.63) is 54.6 Å². The van der Waals surface area contributed by atoms with E-state index >= 15 is 0 Å². The molecule has 0 atom stereocenters. The fraction of sp³-hybridized carbons (Fsp3) is 0.316. The molecule has 2 aromatic heterocycles. The molecule has 152 valence electrons. The summed E-state index contributed by atoms with van der Waals surface area (Å²) in [7, 11) is -1.99. The van der Waals surface area contributed by atoms with Gasteiger partial charge >= 0.3 is 0 Å². The molecule has 1 aliphatic rings. The first-order valence-electron chi connectivity index (χ1n) is 9.22. The molecular weight excluding hydrogens is 392 g/mol. The van der Waals surface area contributed by atoms with E-state index in [1.54, 1.807) is 42.3 Å². The van der Waals surface area contributed by atoms with Gasteiger partial charge in [-0.25, -0.2) is 23.1 Å². The first-order valence-corrected chi connectivity index (χ1v) is 10.7. The second-order valence-corrected chi connectivity index (χ2v) is 8.59. The number of sulfonamides is 1. The Morgan fingerprint density at radius 1 is 1.00 bits per heavy atom. The van der Waals surface area contributed by atoms with Gasteiger partial charge in [-0.15, -0.1) is 0 Å². The third-order valence-electron chi connectivity index (χ3n) is 4.81. The number of nitrogens with zero attached hydrogens (tertiary/aromatic N) is 6. The maximum absolute atomic E-state index is 12.9. The Bertz CT molecular complexity index is 1080. The van der Waals surface area contributed by atoms with Crippen molar-refractivity contribution in [3.8, 4) is 11.6 Å². The zero-order valence-electron chi connectivity index (χ0n) is 16.3. The van der Waals surface area contributed by atoms with Gasteiger partial charge in [0.15, 0.2) is 5.82 Å². The molecule has 1 aliphatic heterocycles. The van der Waals surface area contributed by atoms with Gasteiger partial charge in [-0.2, -0.15) is 9.40 Å². The van der Waals surface area contributed by atoms with Gasteiger partial charge in [0.1, 0.15) is 17.4 Å². The molecule has 0 unspecified atom stereocenters. The summed E-state index contributed by atoms with van der Waals surface area (Å²) in [5.41, 5.74) is 0. The lowest BCUT2D eigenvalue weighted by molar-refractivity contribution is 0.383. The lowest BCUT2D eigenvalue weighted by atomic mass is 10.3. The summed E-state index contributed by atoms with van der Waals surface area (Å²) in [4.78, 5) is 11.3. The topological polar surface area (TPSA) is 93.5 Å². The first kappa shape index (κ1) is 19.3. The van der Waals surface area contributed by atoms with Crippen LogP contribution in [0.3, 0.4) is 0 Å². The molecule has 0 spiro atoms. The summed E-state index contributed by atoms with van der Waals surface area (Å²) < 4.78 is 34.1. The van der Waals surface area contributed by atoms with Crippen LogP contribution in [0.25, 0.3) is 5.82 Å². The molecule has 29 heavy (non-hydrogen) atoms. The molecule has 1 saturated heterocycles. The Morgan fingerprint density at radius 3 is 2.31 bits per heavy atom.